The maximum Gasteiger partial charge on any atom is 0.236 e. The summed E-state index contributed by atoms with van der Waals surface area (Å²) in [6.45, 7) is 3.16. The van der Waals surface area contributed by atoms with Crippen LogP contribution in [0, 0.1) is 11.8 Å². The summed E-state index contributed by atoms with van der Waals surface area (Å²) in [4.78, 5) is 27.3. The van der Waals surface area contributed by atoms with Crippen LogP contribution < -0.4 is 15.4 Å². The second kappa shape index (κ2) is 11.7. The van der Waals surface area contributed by atoms with Crippen LogP contribution in [0.25, 0.3) is 0 Å². The lowest BCUT2D eigenvalue weighted by atomic mass is 9.82. The highest BCUT2D eigenvalue weighted by Gasteiger charge is 2.31. The van der Waals surface area contributed by atoms with Crippen LogP contribution >= 0.6 is 0 Å². The molecule has 1 fully saturated rings. The van der Waals surface area contributed by atoms with E-state index in [2.05, 4.69) is 16.7 Å². The highest BCUT2D eigenvalue weighted by atomic mass is 16.5. The van der Waals surface area contributed by atoms with Gasteiger partial charge in [-0.05, 0) is 48.4 Å². The van der Waals surface area contributed by atoms with Crippen LogP contribution in [-0.4, -0.2) is 54.6 Å². The largest absolute Gasteiger partial charge is 0.508 e. The van der Waals surface area contributed by atoms with E-state index >= 15 is 0 Å². The number of benzene rings is 2. The second-order valence-electron chi connectivity index (χ2n) is 8.97. The Labute approximate surface area is 200 Å². The molecule has 0 aromatic heterocycles. The molecule has 2 atom stereocenters. The molecule has 2 aliphatic heterocycles. The summed E-state index contributed by atoms with van der Waals surface area (Å²) in [6.07, 6.45) is 6.08. The number of piperidine rings is 1. The molecule has 0 saturated carbocycles. The van der Waals surface area contributed by atoms with Gasteiger partial charge in [0.1, 0.15) is 18.1 Å². The fraction of sp³-hybridized carbons (Fsp3) is 0.407. The molecule has 2 heterocycles. The Kier molecular flexibility index (Phi) is 8.20. The number of fused-ring (bicyclic) bond motifs is 3. The van der Waals surface area contributed by atoms with Gasteiger partial charge in [-0.25, -0.2) is 0 Å². The van der Waals surface area contributed by atoms with E-state index in [1.807, 2.05) is 47.4 Å². The number of nitrogens with one attached hydrogen (secondary N) is 2. The Balaban J connectivity index is 1.35. The highest BCUT2D eigenvalue weighted by Crippen LogP contribution is 2.28. The standard InChI is InChI=1S/C27H33N3O4/c31-24-9-7-20(8-10-24)11-13-29-26(32)16-21-12-14-30-19-23(21)5-3-15-34-25-6-2-1-4-22(25)17-28-18-27(30)33/h1-10,21,23,28,31H,11-19H2,(H,29,32)/b5-3+/t21-,23-/m0/s1. The number of phenolic OH excluding ortho intramolecular Hbond substituents is 1. The van der Waals surface area contributed by atoms with E-state index in [4.69, 9.17) is 4.74 Å². The predicted octanol–water partition coefficient (Wildman–Crippen LogP) is 2.64. The average Bonchev–Trinajstić information content (AvgIpc) is 2.85. The Hall–Kier alpha value is -3.32. The number of rotatable bonds is 5. The number of phenols is 1. The second-order valence-corrected chi connectivity index (χ2v) is 8.97. The summed E-state index contributed by atoms with van der Waals surface area (Å²) in [6, 6.07) is 14.9. The fourth-order valence-corrected chi connectivity index (χ4v) is 4.62. The molecule has 2 aromatic rings. The Morgan fingerprint density at radius 2 is 1.97 bits per heavy atom. The molecule has 2 amide bonds. The lowest BCUT2D eigenvalue weighted by molar-refractivity contribution is -0.132. The molecule has 180 valence electrons. The zero-order valence-electron chi connectivity index (χ0n) is 19.4. The van der Waals surface area contributed by atoms with Crippen molar-refractivity contribution in [2.75, 3.05) is 32.8 Å². The van der Waals surface area contributed by atoms with Crippen molar-refractivity contribution in [2.24, 2.45) is 11.8 Å². The average molecular weight is 464 g/mol. The number of para-hydroxylation sites is 1. The third kappa shape index (κ3) is 6.60. The van der Waals surface area contributed by atoms with E-state index in [0.29, 0.717) is 45.6 Å². The summed E-state index contributed by atoms with van der Waals surface area (Å²) in [5, 5.41) is 15.7. The Morgan fingerprint density at radius 1 is 1.15 bits per heavy atom. The quantitative estimate of drug-likeness (QED) is 0.593. The summed E-state index contributed by atoms with van der Waals surface area (Å²) >= 11 is 0. The SMILES string of the molecule is O=C(C[C@@H]1CCN2C[C@@H]1/C=C/COc1ccccc1CNCC2=O)NCCc1ccc(O)cc1. The number of hydrogen-bond donors (Lipinski definition) is 3. The minimum atomic E-state index is 0.0340. The summed E-state index contributed by atoms with van der Waals surface area (Å²) < 4.78 is 5.96. The van der Waals surface area contributed by atoms with Gasteiger partial charge in [0, 0.05) is 38.2 Å². The third-order valence-corrected chi connectivity index (χ3v) is 6.56. The van der Waals surface area contributed by atoms with E-state index in [1.165, 1.54) is 0 Å². The molecule has 2 bridgehead atoms. The number of amides is 2. The molecule has 2 aromatic carbocycles. The summed E-state index contributed by atoms with van der Waals surface area (Å²) in [5.74, 6) is 1.47. The van der Waals surface area contributed by atoms with Crippen LogP contribution in [-0.2, 0) is 22.6 Å². The minimum absolute atomic E-state index is 0.0340. The Bertz CT molecular complexity index is 1010. The van der Waals surface area contributed by atoms with Gasteiger partial charge < -0.3 is 25.4 Å². The van der Waals surface area contributed by atoms with Gasteiger partial charge in [-0.15, -0.1) is 0 Å². The van der Waals surface area contributed by atoms with Crippen molar-refractivity contribution < 1.29 is 19.4 Å². The number of carbonyl (C=O) groups is 2. The van der Waals surface area contributed by atoms with Gasteiger partial charge in [0.2, 0.25) is 11.8 Å². The molecule has 0 spiro atoms. The van der Waals surface area contributed by atoms with E-state index in [9.17, 15) is 14.7 Å². The first-order chi connectivity index (χ1) is 16.6. The van der Waals surface area contributed by atoms with Gasteiger partial charge in [-0.2, -0.15) is 0 Å². The van der Waals surface area contributed by atoms with E-state index in [-0.39, 0.29) is 35.9 Å². The van der Waals surface area contributed by atoms with Crippen LogP contribution in [0.2, 0.25) is 0 Å². The van der Waals surface area contributed by atoms with Gasteiger partial charge in [-0.1, -0.05) is 42.5 Å². The molecule has 2 aliphatic rings. The summed E-state index contributed by atoms with van der Waals surface area (Å²) in [7, 11) is 0. The van der Waals surface area contributed by atoms with Gasteiger partial charge in [0.05, 0.1) is 6.54 Å². The monoisotopic (exact) mass is 463 g/mol. The topological polar surface area (TPSA) is 90.9 Å². The maximum atomic E-state index is 12.8. The molecule has 1 saturated heterocycles. The third-order valence-electron chi connectivity index (χ3n) is 6.56. The van der Waals surface area contributed by atoms with E-state index in [1.54, 1.807) is 12.1 Å². The van der Waals surface area contributed by atoms with Crippen molar-refractivity contribution >= 4 is 11.8 Å². The van der Waals surface area contributed by atoms with Crippen molar-refractivity contribution in [1.29, 1.82) is 0 Å². The van der Waals surface area contributed by atoms with Gasteiger partial charge in [0.25, 0.3) is 0 Å². The molecule has 0 radical (unpaired) electrons. The van der Waals surface area contributed by atoms with Crippen LogP contribution in [0.3, 0.4) is 0 Å². The smallest absolute Gasteiger partial charge is 0.236 e. The number of ether oxygens (including phenoxy) is 1. The number of aromatic hydroxyl groups is 1. The molecule has 0 aliphatic carbocycles. The predicted molar refractivity (Wildman–Crippen MR) is 130 cm³/mol. The van der Waals surface area contributed by atoms with Gasteiger partial charge in [0.15, 0.2) is 0 Å². The maximum absolute atomic E-state index is 12.8. The lowest BCUT2D eigenvalue weighted by Crippen LogP contribution is -2.47. The lowest BCUT2D eigenvalue weighted by Gasteiger charge is -2.37. The van der Waals surface area contributed by atoms with Crippen molar-refractivity contribution in [1.82, 2.24) is 15.5 Å². The fourth-order valence-electron chi connectivity index (χ4n) is 4.62. The van der Waals surface area contributed by atoms with Gasteiger partial charge in [-0.3, -0.25) is 9.59 Å². The van der Waals surface area contributed by atoms with Crippen molar-refractivity contribution in [3.63, 3.8) is 0 Å². The first-order valence-electron chi connectivity index (χ1n) is 12.0. The molecule has 0 unspecified atom stereocenters. The molecule has 7 nitrogen and oxygen atoms in total. The molecule has 34 heavy (non-hydrogen) atoms. The van der Waals surface area contributed by atoms with Crippen molar-refractivity contribution in [3.8, 4) is 11.5 Å². The molecular formula is C27H33N3O4. The van der Waals surface area contributed by atoms with Gasteiger partial charge >= 0.3 is 0 Å². The first kappa shape index (κ1) is 23.8. The summed E-state index contributed by atoms with van der Waals surface area (Å²) in [5.41, 5.74) is 2.10. The highest BCUT2D eigenvalue weighted by molar-refractivity contribution is 5.79. The minimum Gasteiger partial charge on any atom is -0.508 e. The van der Waals surface area contributed by atoms with Crippen LogP contribution in [0.15, 0.2) is 60.7 Å². The van der Waals surface area contributed by atoms with Crippen LogP contribution in [0.1, 0.15) is 24.0 Å². The molecule has 3 N–H and O–H groups in total. The zero-order chi connectivity index (χ0) is 23.8. The number of hydrogen-bond acceptors (Lipinski definition) is 5. The molecular weight excluding hydrogens is 430 g/mol. The number of carbonyl (C=O) groups excluding carboxylic acids is 2. The van der Waals surface area contributed by atoms with E-state index < -0.39 is 0 Å². The normalized spacial score (nSPS) is 21.8. The van der Waals surface area contributed by atoms with Crippen LogP contribution in [0.4, 0.5) is 0 Å². The van der Waals surface area contributed by atoms with Crippen LogP contribution in [0.5, 0.6) is 11.5 Å². The molecule has 4 rings (SSSR count). The first-order valence-corrected chi connectivity index (χ1v) is 12.0. The Morgan fingerprint density at radius 3 is 2.82 bits per heavy atom. The van der Waals surface area contributed by atoms with Crippen molar-refractivity contribution in [3.05, 3.63) is 71.8 Å². The number of nitrogens with zero attached hydrogens (tertiary/aromatic N) is 1. The molecule has 7 heteroatoms. The van der Waals surface area contributed by atoms with E-state index in [0.717, 1.165) is 23.3 Å². The van der Waals surface area contributed by atoms with Crippen molar-refractivity contribution in [2.45, 2.75) is 25.8 Å². The zero-order valence-corrected chi connectivity index (χ0v) is 19.4.